The predicted octanol–water partition coefficient (Wildman–Crippen LogP) is 1.30. The molecule has 1 aromatic carbocycles. The fraction of sp³-hybridized carbons (Fsp3) is 0.550. The Labute approximate surface area is 144 Å². The first kappa shape index (κ1) is 18.5. The maximum Gasteiger partial charge on any atom is 0.339 e. The molecule has 1 heterocycles. The fourth-order valence-corrected chi connectivity index (χ4v) is 3.02. The zero-order chi connectivity index (χ0) is 18.0. The standard InChI is InChI=1S/C20H27NO3/c1-15-14-21(5)16(2)13-20(15,23)12-11-19(3,4)24-18(22)17-9-7-6-8-10-17/h6-10,15-16,23H,13-14H2,1-5H3/p+1/t15-,16-,20-/m1/s1. The second kappa shape index (κ2) is 6.96. The number of ether oxygens (including phenoxy) is 1. The SMILES string of the molecule is C[C@@H]1C[C@](O)(C#CC(C)(C)OC(=O)c2ccccc2)[C@H](C)C[NH+]1C. The molecule has 0 aromatic heterocycles. The number of hydrogen-bond donors (Lipinski definition) is 2. The van der Waals surface area contributed by atoms with E-state index in [1.807, 2.05) is 13.0 Å². The number of carbonyl (C=O) groups is 1. The summed E-state index contributed by atoms with van der Waals surface area (Å²) in [5, 5.41) is 10.9. The summed E-state index contributed by atoms with van der Waals surface area (Å²) in [6.07, 6.45) is 0.621. The molecule has 1 aromatic rings. The maximum atomic E-state index is 12.2. The van der Waals surface area contributed by atoms with Gasteiger partial charge in [0.15, 0.2) is 5.60 Å². The summed E-state index contributed by atoms with van der Waals surface area (Å²) in [4.78, 5) is 13.6. The van der Waals surface area contributed by atoms with Crippen LogP contribution in [0, 0.1) is 17.8 Å². The van der Waals surface area contributed by atoms with Crippen LogP contribution in [0.4, 0.5) is 0 Å². The maximum absolute atomic E-state index is 12.2. The van der Waals surface area contributed by atoms with Crippen LogP contribution in [0.5, 0.6) is 0 Å². The van der Waals surface area contributed by atoms with Crippen LogP contribution in [-0.2, 0) is 4.74 Å². The first-order chi connectivity index (χ1) is 11.1. The molecule has 1 aliphatic heterocycles. The summed E-state index contributed by atoms with van der Waals surface area (Å²) in [6.45, 7) is 8.51. The van der Waals surface area contributed by atoms with Gasteiger partial charge in [-0.05, 0) is 32.9 Å². The largest absolute Gasteiger partial charge is 0.443 e. The summed E-state index contributed by atoms with van der Waals surface area (Å²) in [7, 11) is 2.14. The number of piperidine rings is 1. The molecule has 4 nitrogen and oxygen atoms in total. The van der Waals surface area contributed by atoms with Crippen molar-refractivity contribution < 1.29 is 19.5 Å². The molecule has 0 amide bonds. The highest BCUT2D eigenvalue weighted by atomic mass is 16.6. The molecule has 1 saturated heterocycles. The summed E-state index contributed by atoms with van der Waals surface area (Å²) in [5.74, 6) is 5.66. The minimum absolute atomic E-state index is 0.0711. The van der Waals surface area contributed by atoms with E-state index in [4.69, 9.17) is 4.74 Å². The van der Waals surface area contributed by atoms with Crippen LogP contribution in [-0.4, -0.2) is 41.9 Å². The van der Waals surface area contributed by atoms with E-state index in [9.17, 15) is 9.90 Å². The normalized spacial score (nSPS) is 30.2. The third kappa shape index (κ3) is 4.37. The van der Waals surface area contributed by atoms with Gasteiger partial charge >= 0.3 is 5.97 Å². The quantitative estimate of drug-likeness (QED) is 0.635. The average molecular weight is 330 g/mol. The molecule has 1 fully saturated rings. The molecule has 1 unspecified atom stereocenters. The fourth-order valence-electron chi connectivity index (χ4n) is 3.02. The number of hydrogen-bond acceptors (Lipinski definition) is 3. The van der Waals surface area contributed by atoms with E-state index < -0.39 is 17.2 Å². The topological polar surface area (TPSA) is 51.0 Å². The van der Waals surface area contributed by atoms with Crippen molar-refractivity contribution in [2.45, 2.75) is 51.4 Å². The van der Waals surface area contributed by atoms with Gasteiger partial charge in [-0.15, -0.1) is 0 Å². The minimum Gasteiger partial charge on any atom is -0.443 e. The molecule has 4 heteroatoms. The molecule has 4 atom stereocenters. The molecule has 0 saturated carbocycles. The number of likely N-dealkylation sites (tertiary alicyclic amines) is 1. The lowest BCUT2D eigenvalue weighted by atomic mass is 9.79. The molecular weight excluding hydrogens is 302 g/mol. The Kier molecular flexibility index (Phi) is 5.37. The monoisotopic (exact) mass is 330 g/mol. The Bertz CT molecular complexity index is 644. The van der Waals surface area contributed by atoms with Crippen molar-refractivity contribution in [1.29, 1.82) is 0 Å². The van der Waals surface area contributed by atoms with Crippen molar-refractivity contribution in [3.63, 3.8) is 0 Å². The molecular formula is C20H28NO3+. The zero-order valence-electron chi connectivity index (χ0n) is 15.2. The van der Waals surface area contributed by atoms with Gasteiger partial charge in [0.1, 0.15) is 5.60 Å². The Hall–Kier alpha value is -1.83. The van der Waals surface area contributed by atoms with Crippen LogP contribution in [0.2, 0.25) is 0 Å². The first-order valence-electron chi connectivity index (χ1n) is 8.50. The number of esters is 1. The highest BCUT2D eigenvalue weighted by Crippen LogP contribution is 2.25. The molecule has 2 N–H and O–H groups in total. The number of nitrogens with one attached hydrogen (secondary N) is 1. The van der Waals surface area contributed by atoms with Crippen LogP contribution in [0.1, 0.15) is 44.5 Å². The van der Waals surface area contributed by atoms with Crippen LogP contribution in [0.15, 0.2) is 30.3 Å². The third-order valence-electron chi connectivity index (χ3n) is 4.84. The van der Waals surface area contributed by atoms with E-state index in [-0.39, 0.29) is 5.92 Å². The van der Waals surface area contributed by atoms with Gasteiger partial charge in [-0.25, -0.2) is 4.79 Å². The van der Waals surface area contributed by atoms with Crippen molar-refractivity contribution in [2.24, 2.45) is 5.92 Å². The van der Waals surface area contributed by atoms with Crippen molar-refractivity contribution >= 4 is 5.97 Å². The molecule has 2 rings (SSSR count). The number of quaternary nitrogens is 1. The van der Waals surface area contributed by atoms with Crippen molar-refractivity contribution in [3.8, 4) is 11.8 Å². The Morgan fingerprint density at radius 2 is 1.96 bits per heavy atom. The Balaban J connectivity index is 2.11. The zero-order valence-corrected chi connectivity index (χ0v) is 15.2. The molecule has 1 aliphatic rings. The Morgan fingerprint density at radius 3 is 2.58 bits per heavy atom. The van der Waals surface area contributed by atoms with Crippen molar-refractivity contribution in [1.82, 2.24) is 0 Å². The second-order valence-corrected chi connectivity index (χ2v) is 7.50. The van der Waals surface area contributed by atoms with Crippen LogP contribution < -0.4 is 4.90 Å². The molecule has 0 aliphatic carbocycles. The van der Waals surface area contributed by atoms with Gasteiger partial charge in [0.25, 0.3) is 0 Å². The lowest BCUT2D eigenvalue weighted by Crippen LogP contribution is -3.15. The average Bonchev–Trinajstić information content (AvgIpc) is 2.52. The van der Waals surface area contributed by atoms with E-state index in [1.165, 1.54) is 4.90 Å². The summed E-state index contributed by atoms with van der Waals surface area (Å²) < 4.78 is 5.51. The summed E-state index contributed by atoms with van der Waals surface area (Å²) in [6, 6.07) is 9.20. The van der Waals surface area contributed by atoms with Gasteiger partial charge in [0, 0.05) is 12.3 Å². The van der Waals surface area contributed by atoms with Gasteiger partial charge in [-0.2, -0.15) is 0 Å². The van der Waals surface area contributed by atoms with E-state index >= 15 is 0 Å². The van der Waals surface area contributed by atoms with Gasteiger partial charge < -0.3 is 14.7 Å². The number of rotatable bonds is 2. The van der Waals surface area contributed by atoms with Crippen LogP contribution >= 0.6 is 0 Å². The van der Waals surface area contributed by atoms with Gasteiger partial charge in [0.2, 0.25) is 0 Å². The first-order valence-corrected chi connectivity index (χ1v) is 8.50. The Morgan fingerprint density at radius 1 is 1.33 bits per heavy atom. The van der Waals surface area contributed by atoms with Crippen molar-refractivity contribution in [2.75, 3.05) is 13.6 Å². The van der Waals surface area contributed by atoms with E-state index in [0.29, 0.717) is 18.0 Å². The van der Waals surface area contributed by atoms with Crippen LogP contribution in [0.25, 0.3) is 0 Å². The molecule has 0 radical (unpaired) electrons. The van der Waals surface area contributed by atoms with Gasteiger partial charge in [-0.1, -0.05) is 37.0 Å². The molecule has 130 valence electrons. The van der Waals surface area contributed by atoms with E-state index in [2.05, 4.69) is 25.8 Å². The lowest BCUT2D eigenvalue weighted by Gasteiger charge is -2.40. The van der Waals surface area contributed by atoms with Gasteiger partial charge in [-0.3, -0.25) is 0 Å². The van der Waals surface area contributed by atoms with Crippen LogP contribution in [0.3, 0.4) is 0 Å². The summed E-state index contributed by atoms with van der Waals surface area (Å²) in [5.41, 5.74) is -1.49. The predicted molar refractivity (Wildman–Crippen MR) is 93.7 cm³/mol. The smallest absolute Gasteiger partial charge is 0.339 e. The van der Waals surface area contributed by atoms with Gasteiger partial charge in [0.05, 0.1) is 25.2 Å². The number of carbonyl (C=O) groups excluding carboxylic acids is 1. The molecule has 24 heavy (non-hydrogen) atoms. The summed E-state index contributed by atoms with van der Waals surface area (Å²) >= 11 is 0. The minimum atomic E-state index is -1.03. The molecule has 0 spiro atoms. The van der Waals surface area contributed by atoms with E-state index in [0.717, 1.165) is 6.54 Å². The third-order valence-corrected chi connectivity index (χ3v) is 4.84. The second-order valence-electron chi connectivity index (χ2n) is 7.50. The van der Waals surface area contributed by atoms with E-state index in [1.54, 1.807) is 38.1 Å². The van der Waals surface area contributed by atoms with Crippen molar-refractivity contribution in [3.05, 3.63) is 35.9 Å². The lowest BCUT2D eigenvalue weighted by molar-refractivity contribution is -0.915. The number of aliphatic hydroxyl groups is 1. The number of benzene rings is 1. The highest BCUT2D eigenvalue weighted by Gasteiger charge is 2.42. The highest BCUT2D eigenvalue weighted by molar-refractivity contribution is 5.89. The molecule has 0 bridgehead atoms.